The van der Waals surface area contributed by atoms with Gasteiger partial charge in [0.1, 0.15) is 6.17 Å². The molecule has 5 fully saturated rings. The summed E-state index contributed by atoms with van der Waals surface area (Å²) in [7, 11) is 2.71. The minimum atomic E-state index is -2.34. The van der Waals surface area contributed by atoms with Crippen molar-refractivity contribution in [1.82, 2.24) is 10.4 Å². The number of ketones is 2. The fourth-order valence-corrected chi connectivity index (χ4v) is 12.1. The number of alkyl halides is 2. The number of rotatable bonds is 13. The van der Waals surface area contributed by atoms with Crippen LogP contribution in [0.15, 0.2) is 23.8 Å². The normalized spacial score (nSPS) is 38.3. The van der Waals surface area contributed by atoms with Gasteiger partial charge in [-0.2, -0.15) is 0 Å². The SMILES string of the molecule is CCCC1O[C@@H]2C[C@H]3[C@@H]4C[C@H](F)C5=CC(=O)C=C[C@]5(C)[C@@]4(F)[C@@H](O)C[C@]3(C)C2(C(=O)COC(=O)NCCSSC(C)(C)CC(=O)ON2C(=O)CCC2=O)O1. The molecule has 3 saturated carbocycles. The molecule has 6 rings (SSSR count). The molecular weight excluding hydrogens is 751 g/mol. The number of carbonyl (C=O) groups excluding carboxylic acids is 6. The van der Waals surface area contributed by atoms with Crippen molar-refractivity contribution in [1.29, 1.82) is 0 Å². The summed E-state index contributed by atoms with van der Waals surface area (Å²) in [6.45, 7) is 8.24. The summed E-state index contributed by atoms with van der Waals surface area (Å²) in [5.74, 6) is -4.16. The van der Waals surface area contributed by atoms with Crippen molar-refractivity contribution >= 4 is 57.0 Å². The maximum absolute atomic E-state index is 17.7. The number of hydrogen-bond acceptors (Lipinski definition) is 13. The largest absolute Gasteiger partial charge is 0.441 e. The molecule has 3 amide bonds. The van der Waals surface area contributed by atoms with E-state index in [1.54, 1.807) is 20.8 Å². The van der Waals surface area contributed by atoms with E-state index in [0.717, 1.165) is 6.08 Å². The molecule has 2 aliphatic heterocycles. The minimum Gasteiger partial charge on any atom is -0.441 e. The van der Waals surface area contributed by atoms with E-state index in [0.29, 0.717) is 23.7 Å². The maximum atomic E-state index is 17.7. The lowest BCUT2D eigenvalue weighted by molar-refractivity contribution is -0.234. The molecule has 17 heteroatoms. The number of aliphatic hydroxyl groups excluding tert-OH is 1. The number of amides is 3. The Morgan fingerprint density at radius 1 is 1.13 bits per heavy atom. The van der Waals surface area contributed by atoms with Gasteiger partial charge in [0.25, 0.3) is 11.8 Å². The number of halogens is 2. The zero-order chi connectivity index (χ0) is 39.4. The van der Waals surface area contributed by atoms with Crippen molar-refractivity contribution in [2.75, 3.05) is 18.9 Å². The van der Waals surface area contributed by atoms with E-state index in [1.165, 1.54) is 40.7 Å². The maximum Gasteiger partial charge on any atom is 0.407 e. The van der Waals surface area contributed by atoms with E-state index in [9.17, 15) is 33.9 Å². The molecule has 54 heavy (non-hydrogen) atoms. The molecule has 0 bridgehead atoms. The number of alkyl carbamates (subject to hydrolysis) is 1. The van der Waals surface area contributed by atoms with Crippen molar-refractivity contribution in [2.24, 2.45) is 22.7 Å². The number of fused-ring (bicyclic) bond motifs is 7. The van der Waals surface area contributed by atoms with Crippen LogP contribution >= 0.6 is 21.6 Å². The van der Waals surface area contributed by atoms with Crippen LogP contribution in [0, 0.1) is 22.7 Å². The van der Waals surface area contributed by atoms with Crippen LogP contribution in [0.2, 0.25) is 0 Å². The first-order chi connectivity index (χ1) is 25.3. The predicted octanol–water partition coefficient (Wildman–Crippen LogP) is 4.65. The van der Waals surface area contributed by atoms with Crippen LogP contribution in [0.1, 0.15) is 86.0 Å². The lowest BCUT2D eigenvalue weighted by Crippen LogP contribution is -2.71. The van der Waals surface area contributed by atoms with Gasteiger partial charge in [0.05, 0.1) is 18.6 Å². The second-order valence-corrected chi connectivity index (χ2v) is 19.2. The topological polar surface area (TPSA) is 175 Å². The summed E-state index contributed by atoms with van der Waals surface area (Å²) in [6, 6.07) is 0. The Morgan fingerprint density at radius 3 is 2.52 bits per heavy atom. The molecule has 2 heterocycles. The van der Waals surface area contributed by atoms with E-state index in [4.69, 9.17) is 19.0 Å². The van der Waals surface area contributed by atoms with Crippen LogP contribution in [0.5, 0.6) is 0 Å². The van der Waals surface area contributed by atoms with Crippen LogP contribution in [-0.4, -0.2) is 105 Å². The highest BCUT2D eigenvalue weighted by atomic mass is 33.1. The Kier molecular flexibility index (Phi) is 11.3. The third kappa shape index (κ3) is 6.72. The average Bonchev–Trinajstić information content (AvgIpc) is 3.70. The van der Waals surface area contributed by atoms with E-state index >= 15 is 8.78 Å². The van der Waals surface area contributed by atoms with Crippen LogP contribution in [0.25, 0.3) is 0 Å². The number of nitrogens with zero attached hydrogens (tertiary/aromatic N) is 1. The molecular formula is C37H48F2N2O11S2. The Morgan fingerprint density at radius 2 is 1.83 bits per heavy atom. The van der Waals surface area contributed by atoms with Crippen LogP contribution in [-0.2, 0) is 43.0 Å². The summed E-state index contributed by atoms with van der Waals surface area (Å²) >= 11 is 0. The molecule has 13 nitrogen and oxygen atoms in total. The average molecular weight is 799 g/mol. The number of nitrogens with one attached hydrogen (secondary N) is 1. The lowest BCUT2D eigenvalue weighted by Gasteiger charge is -2.63. The summed E-state index contributed by atoms with van der Waals surface area (Å²) in [6.07, 6.45) is -1.31. The summed E-state index contributed by atoms with van der Waals surface area (Å²) in [5, 5.41) is 14.8. The molecule has 0 aromatic heterocycles. The zero-order valence-electron chi connectivity index (χ0n) is 31.0. The van der Waals surface area contributed by atoms with Crippen molar-refractivity contribution in [3.05, 3.63) is 23.8 Å². The summed E-state index contributed by atoms with van der Waals surface area (Å²) in [4.78, 5) is 80.0. The smallest absolute Gasteiger partial charge is 0.407 e. The fourth-order valence-electron chi connectivity index (χ4n) is 9.74. The van der Waals surface area contributed by atoms with Gasteiger partial charge >= 0.3 is 12.1 Å². The molecule has 2 saturated heterocycles. The van der Waals surface area contributed by atoms with Gasteiger partial charge in [-0.3, -0.25) is 19.2 Å². The lowest BCUT2D eigenvalue weighted by atomic mass is 9.44. The number of aliphatic hydroxyl groups is 1. The zero-order valence-corrected chi connectivity index (χ0v) is 32.7. The van der Waals surface area contributed by atoms with E-state index in [-0.39, 0.29) is 50.6 Å². The van der Waals surface area contributed by atoms with Gasteiger partial charge < -0.3 is 29.5 Å². The van der Waals surface area contributed by atoms with Crippen molar-refractivity contribution in [3.63, 3.8) is 0 Å². The van der Waals surface area contributed by atoms with Crippen molar-refractivity contribution in [3.8, 4) is 0 Å². The van der Waals surface area contributed by atoms with Crippen LogP contribution < -0.4 is 5.32 Å². The second kappa shape index (κ2) is 14.9. The molecule has 0 aromatic carbocycles. The first-order valence-electron chi connectivity index (χ1n) is 18.4. The molecule has 298 valence electrons. The number of imide groups is 1. The van der Waals surface area contributed by atoms with Gasteiger partial charge in [-0.25, -0.2) is 18.4 Å². The van der Waals surface area contributed by atoms with Gasteiger partial charge in [-0.1, -0.05) is 47.9 Å². The van der Waals surface area contributed by atoms with Gasteiger partial charge in [0.15, 0.2) is 29.9 Å². The molecule has 0 radical (unpaired) electrons. The van der Waals surface area contributed by atoms with E-state index in [2.05, 4.69) is 5.32 Å². The Bertz CT molecular complexity index is 1640. The Balaban J connectivity index is 1.07. The molecule has 10 atom stereocenters. The molecule has 0 spiro atoms. The summed E-state index contributed by atoms with van der Waals surface area (Å²) < 4.78 is 51.1. The van der Waals surface area contributed by atoms with Crippen LogP contribution in [0.3, 0.4) is 0 Å². The fraction of sp³-hybridized carbons (Fsp3) is 0.730. The molecule has 6 aliphatic rings. The number of hydroxylamine groups is 2. The van der Waals surface area contributed by atoms with Gasteiger partial charge in [0.2, 0.25) is 5.78 Å². The number of hydrogen-bond donors (Lipinski definition) is 2. The predicted molar refractivity (Wildman–Crippen MR) is 192 cm³/mol. The van der Waals surface area contributed by atoms with Gasteiger partial charge in [-0.05, 0) is 70.1 Å². The van der Waals surface area contributed by atoms with Crippen LogP contribution in [0.4, 0.5) is 13.6 Å². The quantitative estimate of drug-likeness (QED) is 0.150. The van der Waals surface area contributed by atoms with Crippen molar-refractivity contribution < 1.29 is 61.7 Å². The number of carbonyl (C=O) groups is 6. The minimum absolute atomic E-state index is 0.00217. The Labute approximate surface area is 320 Å². The third-order valence-corrected chi connectivity index (χ3v) is 15.5. The van der Waals surface area contributed by atoms with E-state index < -0.39 is 105 Å². The number of Topliss-reactive ketones (excluding diaryl/α,β-unsaturated/α-hetero) is 1. The standard InChI is InChI=1S/C37H48F2N2O11S2/c1-6-7-31-50-27-16-21-22-15-24(38)23-14-20(42)10-11-34(23,4)36(22,39)25(43)17-35(21,5)37(27,51-31)26(44)19-49-32(48)40-12-13-53-54-33(2,3)18-30(47)52-41-28(45)8-9-29(41)46/h10-11,14,21-22,24-25,27,31,43H,6-9,12-13,15-19H2,1-5H3,(H,40,48)/t21-,22-,24-,25-,27+,31?,34-,35-,36-,37?/m0/s1. The molecule has 4 aliphatic carbocycles. The van der Waals surface area contributed by atoms with Gasteiger partial charge in [-0.15, -0.1) is 5.06 Å². The first kappa shape index (κ1) is 40.8. The molecule has 0 aromatic rings. The summed E-state index contributed by atoms with van der Waals surface area (Å²) in [5.41, 5.74) is -6.83. The highest BCUT2D eigenvalue weighted by Gasteiger charge is 2.80. The molecule has 2 unspecified atom stereocenters. The Hall–Kier alpha value is -2.86. The number of allylic oxidation sites excluding steroid dienone is 4. The molecule has 2 N–H and O–H groups in total. The van der Waals surface area contributed by atoms with Gasteiger partial charge in [0, 0.05) is 46.6 Å². The monoisotopic (exact) mass is 798 g/mol. The highest BCUT2D eigenvalue weighted by molar-refractivity contribution is 8.77. The van der Waals surface area contributed by atoms with Crippen molar-refractivity contribution in [2.45, 2.75) is 127 Å². The highest BCUT2D eigenvalue weighted by Crippen LogP contribution is 2.72. The van der Waals surface area contributed by atoms with E-state index in [1.807, 2.05) is 6.92 Å². The third-order valence-electron chi connectivity index (χ3n) is 12.2. The number of ether oxygens (including phenoxy) is 3. The second-order valence-electron chi connectivity index (χ2n) is 16.1. The first-order valence-corrected chi connectivity index (χ1v) is 20.8.